The molecule has 9 rings (SSSR count). The minimum absolute atomic E-state index is 0.0614. The number of aromatic hydroxyl groups is 1. The van der Waals surface area contributed by atoms with E-state index in [2.05, 4.69) is 50.5 Å². The number of aromatic amines is 1. The van der Waals surface area contributed by atoms with Crippen molar-refractivity contribution in [2.75, 3.05) is 0 Å². The SMILES string of the molecule is C=c1c2c(C)cc(C)c3c4c(O)cc(C)c5c4c4c6c(c(C)cc7[nH]c8cc(C)c1c(c8c76)c4c23)C5=O. The molecule has 2 N–H and O–H groups in total. The van der Waals surface area contributed by atoms with Gasteiger partial charge in [-0.1, -0.05) is 12.6 Å². The van der Waals surface area contributed by atoms with Crippen molar-refractivity contribution in [1.29, 1.82) is 0 Å². The van der Waals surface area contributed by atoms with Crippen molar-refractivity contribution in [2.45, 2.75) is 34.6 Å². The number of rotatable bonds is 0. The quantitative estimate of drug-likeness (QED) is 0.172. The van der Waals surface area contributed by atoms with E-state index in [0.717, 1.165) is 87.2 Å². The lowest BCUT2D eigenvalue weighted by atomic mass is 9.74. The fourth-order valence-corrected chi connectivity index (χ4v) is 8.22. The van der Waals surface area contributed by atoms with E-state index in [1.807, 2.05) is 13.8 Å². The van der Waals surface area contributed by atoms with Gasteiger partial charge in [0.25, 0.3) is 0 Å². The van der Waals surface area contributed by atoms with Crippen LogP contribution in [0.25, 0.3) is 82.2 Å². The van der Waals surface area contributed by atoms with Crippen LogP contribution in [0.3, 0.4) is 0 Å². The van der Waals surface area contributed by atoms with Crippen LogP contribution >= 0.6 is 0 Å². The summed E-state index contributed by atoms with van der Waals surface area (Å²) in [5, 5.41) is 25.7. The van der Waals surface area contributed by atoms with Gasteiger partial charge in [0.2, 0.25) is 0 Å². The number of fused-ring (bicyclic) bond motifs is 1. The van der Waals surface area contributed by atoms with E-state index in [9.17, 15) is 9.90 Å². The van der Waals surface area contributed by atoms with Gasteiger partial charge in [0, 0.05) is 65.3 Å². The number of nitrogens with one attached hydrogen (secondary N) is 1. The number of hydrogen-bond donors (Lipinski definition) is 2. The molecule has 0 bridgehead atoms. The molecule has 0 atom stereocenters. The van der Waals surface area contributed by atoms with Gasteiger partial charge in [-0.15, -0.1) is 0 Å². The number of ketones is 1. The van der Waals surface area contributed by atoms with Crippen molar-refractivity contribution in [3.63, 3.8) is 0 Å². The second-order valence-electron chi connectivity index (χ2n) is 11.4. The molecule has 0 fully saturated rings. The average molecular weight is 478 g/mol. The van der Waals surface area contributed by atoms with Crippen LogP contribution in [-0.4, -0.2) is 15.9 Å². The summed E-state index contributed by atoms with van der Waals surface area (Å²) in [4.78, 5) is 18.0. The second-order valence-corrected chi connectivity index (χ2v) is 11.4. The molecule has 0 amide bonds. The third kappa shape index (κ3) is 1.82. The molecule has 0 spiro atoms. The highest BCUT2D eigenvalue weighted by atomic mass is 16.3. The smallest absolute Gasteiger partial charge is 0.194 e. The number of carbonyl (C=O) groups is 1. The molecule has 0 aliphatic heterocycles. The summed E-state index contributed by atoms with van der Waals surface area (Å²) in [6, 6.07) is 8.36. The van der Waals surface area contributed by atoms with E-state index in [0.29, 0.717) is 0 Å². The predicted molar refractivity (Wildman–Crippen MR) is 155 cm³/mol. The van der Waals surface area contributed by atoms with Crippen LogP contribution in [-0.2, 0) is 0 Å². The molecule has 7 aromatic carbocycles. The number of benzene rings is 7. The zero-order valence-corrected chi connectivity index (χ0v) is 21.4. The van der Waals surface area contributed by atoms with Crippen LogP contribution in [0.1, 0.15) is 43.7 Å². The van der Waals surface area contributed by atoms with Crippen molar-refractivity contribution in [2.24, 2.45) is 0 Å². The molecule has 0 radical (unpaired) electrons. The Labute approximate surface area is 211 Å². The first-order chi connectivity index (χ1) is 17.7. The molecule has 3 heteroatoms. The summed E-state index contributed by atoms with van der Waals surface area (Å²) in [5.41, 5.74) is 8.99. The molecule has 1 aliphatic carbocycles. The van der Waals surface area contributed by atoms with Crippen LogP contribution in [0.2, 0.25) is 0 Å². The third-order valence-electron chi connectivity index (χ3n) is 9.35. The van der Waals surface area contributed by atoms with Gasteiger partial charge in [0.05, 0.1) is 0 Å². The average Bonchev–Trinajstić information content (AvgIpc) is 3.18. The maximum atomic E-state index is 14.3. The summed E-state index contributed by atoms with van der Waals surface area (Å²) >= 11 is 0. The Morgan fingerprint density at radius 3 is 1.70 bits per heavy atom. The highest BCUT2D eigenvalue weighted by Gasteiger charge is 2.35. The van der Waals surface area contributed by atoms with E-state index in [-0.39, 0.29) is 11.5 Å². The molecular weight excluding hydrogens is 454 g/mol. The van der Waals surface area contributed by atoms with Gasteiger partial charge in [-0.2, -0.15) is 0 Å². The fraction of sp³-hybridized carbons (Fsp3) is 0.147. The summed E-state index contributed by atoms with van der Waals surface area (Å²) in [6.07, 6.45) is 0. The van der Waals surface area contributed by atoms with E-state index in [1.54, 1.807) is 6.07 Å². The van der Waals surface area contributed by atoms with Gasteiger partial charge in [-0.3, -0.25) is 4.79 Å². The first-order valence-electron chi connectivity index (χ1n) is 12.8. The number of phenolic OH excluding ortho intramolecular Hbond substituents is 1. The van der Waals surface area contributed by atoms with Gasteiger partial charge in [0.1, 0.15) is 5.75 Å². The molecule has 1 heterocycles. The third-order valence-corrected chi connectivity index (χ3v) is 9.35. The van der Waals surface area contributed by atoms with Gasteiger partial charge >= 0.3 is 0 Å². The normalized spacial score (nSPS) is 13.8. The maximum absolute atomic E-state index is 14.3. The van der Waals surface area contributed by atoms with Crippen LogP contribution < -0.4 is 5.22 Å². The molecule has 3 nitrogen and oxygen atoms in total. The predicted octanol–water partition coefficient (Wildman–Crippen LogP) is 7.88. The Hall–Kier alpha value is -4.37. The van der Waals surface area contributed by atoms with Crippen LogP contribution in [0.5, 0.6) is 5.75 Å². The van der Waals surface area contributed by atoms with Crippen molar-refractivity contribution in [3.05, 3.63) is 68.4 Å². The van der Waals surface area contributed by atoms with E-state index >= 15 is 0 Å². The molecule has 0 unspecified atom stereocenters. The summed E-state index contributed by atoms with van der Waals surface area (Å²) < 4.78 is 0. The van der Waals surface area contributed by atoms with Crippen molar-refractivity contribution in [3.8, 4) is 5.75 Å². The Kier molecular flexibility index (Phi) is 3.01. The van der Waals surface area contributed by atoms with E-state index in [4.69, 9.17) is 0 Å². The molecule has 176 valence electrons. The van der Waals surface area contributed by atoms with Gasteiger partial charge < -0.3 is 10.1 Å². The summed E-state index contributed by atoms with van der Waals surface area (Å²) in [6.45, 7) is 15.1. The van der Waals surface area contributed by atoms with Crippen LogP contribution in [0.4, 0.5) is 0 Å². The molecule has 1 aromatic heterocycles. The number of aromatic nitrogens is 1. The number of hydrogen-bond acceptors (Lipinski definition) is 2. The first kappa shape index (κ1) is 19.8. The molecule has 0 saturated carbocycles. The summed E-state index contributed by atoms with van der Waals surface area (Å²) in [7, 11) is 0. The van der Waals surface area contributed by atoms with Crippen molar-refractivity contribution < 1.29 is 9.90 Å². The monoisotopic (exact) mass is 477 g/mol. The standard InChI is InChI=1S/C34H23NO2/c1-11-7-12(2)22-27-19(36)10-15(5)24-31(27)33-30-23(34(24)37)14(4)9-18-26(30)25-17(35-18)8-13(3)21-16(6)20(11)28(22)32(33)29(21)25/h7-10,35-36H,6H2,1-5H3. The maximum Gasteiger partial charge on any atom is 0.194 e. The molecule has 1 aliphatic rings. The number of H-pyrrole nitrogens is 1. The molecule has 37 heavy (non-hydrogen) atoms. The second kappa shape index (κ2) is 5.63. The van der Waals surface area contributed by atoms with E-state index < -0.39 is 0 Å². The van der Waals surface area contributed by atoms with Crippen LogP contribution in [0.15, 0.2) is 24.3 Å². The summed E-state index contributed by atoms with van der Waals surface area (Å²) in [5.74, 6) is 0.300. The zero-order chi connectivity index (χ0) is 25.4. The lowest BCUT2D eigenvalue weighted by molar-refractivity contribution is 0.104. The number of phenols is 1. The van der Waals surface area contributed by atoms with Gasteiger partial charge in [0.15, 0.2) is 5.78 Å². The van der Waals surface area contributed by atoms with E-state index in [1.165, 1.54) is 32.7 Å². The van der Waals surface area contributed by atoms with Crippen molar-refractivity contribution in [1.82, 2.24) is 4.98 Å². The number of carbonyl (C=O) groups excluding carboxylic acids is 1. The van der Waals surface area contributed by atoms with Crippen molar-refractivity contribution >= 4 is 88.0 Å². The fourth-order valence-electron chi connectivity index (χ4n) is 8.22. The number of aryl methyl sites for hydroxylation is 5. The Morgan fingerprint density at radius 2 is 1.00 bits per heavy atom. The topological polar surface area (TPSA) is 53.1 Å². The zero-order valence-electron chi connectivity index (χ0n) is 21.4. The highest BCUT2D eigenvalue weighted by Crippen LogP contribution is 2.56. The minimum Gasteiger partial charge on any atom is -0.507 e. The Morgan fingerprint density at radius 1 is 0.541 bits per heavy atom. The molecule has 0 saturated heterocycles. The minimum atomic E-state index is 0.0614. The largest absolute Gasteiger partial charge is 0.507 e. The molecule has 8 aromatic rings. The Bertz CT molecular complexity index is 2490. The Balaban J connectivity index is 1.90. The van der Waals surface area contributed by atoms with Gasteiger partial charge in [-0.05, 0) is 107 Å². The molecular formula is C34H23NO2. The van der Waals surface area contributed by atoms with Crippen LogP contribution in [0, 0.1) is 34.6 Å². The highest BCUT2D eigenvalue weighted by molar-refractivity contribution is 6.53. The lowest BCUT2D eigenvalue weighted by Gasteiger charge is -2.28. The first-order valence-corrected chi connectivity index (χ1v) is 12.8. The van der Waals surface area contributed by atoms with Gasteiger partial charge in [-0.25, -0.2) is 0 Å². The lowest BCUT2D eigenvalue weighted by Crippen LogP contribution is -2.14.